The van der Waals surface area contributed by atoms with Gasteiger partial charge < -0.3 is 149 Å². The Morgan fingerprint density at radius 3 is 1.43 bits per heavy atom. The Kier molecular flexibility index (Phi) is 44.4. The number of carboxylic acid groups (broad SMARTS) is 2. The number of nitrogens with zero attached hydrogens (tertiary/aromatic N) is 5. The summed E-state index contributed by atoms with van der Waals surface area (Å²) in [6.07, 6.45) is 2.16. The molecule has 4 heterocycles. The van der Waals surface area contributed by atoms with Crippen LogP contribution in [0.4, 0.5) is 0 Å². The molecule has 0 saturated carbocycles. The lowest BCUT2D eigenvalue weighted by Crippen LogP contribution is -2.61. The molecule has 0 unspecified atom stereocenters. The summed E-state index contributed by atoms with van der Waals surface area (Å²) in [5.74, 6) is -20.7. The molecule has 50 heteroatoms. The van der Waals surface area contributed by atoms with Crippen molar-refractivity contribution in [3.63, 3.8) is 0 Å². The molecule has 0 spiro atoms. The molecule has 124 heavy (non-hydrogen) atoms. The zero-order valence-electron chi connectivity index (χ0n) is 69.8. The van der Waals surface area contributed by atoms with Crippen LogP contribution in [0.15, 0.2) is 17.5 Å². The van der Waals surface area contributed by atoms with Crippen molar-refractivity contribution in [3.8, 4) is 0 Å². The first-order valence-electron chi connectivity index (χ1n) is 40.9. The van der Waals surface area contributed by atoms with Crippen LogP contribution in [-0.2, 0) is 102 Å². The fraction of sp³-hybridized carbons (Fsp3) is 0.676. The maximum atomic E-state index is 14.8. The van der Waals surface area contributed by atoms with Gasteiger partial charge in [0.2, 0.25) is 106 Å². The molecule has 1 aromatic rings. The molecule has 1 aromatic heterocycles. The highest BCUT2D eigenvalue weighted by Gasteiger charge is 2.45. The van der Waals surface area contributed by atoms with Gasteiger partial charge >= 0.3 is 11.9 Å². The zero-order valence-corrected chi connectivity index (χ0v) is 69.8. The van der Waals surface area contributed by atoms with Crippen LogP contribution in [0, 0.1) is 5.92 Å². The normalized spacial score (nSPS) is 17.7. The summed E-state index contributed by atoms with van der Waals surface area (Å²) in [7, 11) is 0. The number of unbranched alkanes of at least 4 members (excludes halogenated alkanes) is 2. The number of hydrogen-bond donors (Lipinski definition) is 25. The number of nitrogens with one attached hydrogen (secondary N) is 14. The number of carbonyl (C=O) groups excluding carboxylic acids is 18. The maximum Gasteiger partial charge on any atom is 0.326 e. The Morgan fingerprint density at radius 1 is 0.468 bits per heavy atom. The highest BCUT2D eigenvalue weighted by molar-refractivity contribution is 6.02. The number of amides is 18. The topological polar surface area (TPSA) is 812 Å². The molecule has 15 atom stereocenters. The highest BCUT2D eigenvalue weighted by atomic mass is 16.4. The number of imidazole rings is 1. The van der Waals surface area contributed by atoms with Crippen LogP contribution in [0.25, 0.3) is 0 Å². The van der Waals surface area contributed by atoms with Crippen LogP contribution in [0.2, 0.25) is 0 Å². The van der Waals surface area contributed by atoms with Crippen molar-refractivity contribution in [1.82, 2.24) is 93.8 Å². The third kappa shape index (κ3) is 34.5. The number of likely N-dealkylation sites (tertiary alicyclic amines) is 3. The van der Waals surface area contributed by atoms with E-state index >= 15 is 0 Å². The Morgan fingerprint density at radius 2 is 0.935 bits per heavy atom. The standard InChI is InChI=1S/C74H122N26O24/c1-37(2)58(69(119)94-47(30-54(79)104)62(112)85-33-56(106)89-45(73(123)124)20-22-57(107)108)97-65(115)48(34-101)95-64(114)42(14-5-7-23-75)90-63(113)43(15-6-8-24-76)91-67(117)52-18-12-27-99(52)71(121)44(19-21-53(78)103)92-68(118)51-17-10-26-98(51)70(120)39(4)88-66(116)50-16-11-28-100(50)72(122)49(35-102)96-59(109)38(3)87-55(105)32-84-61(111)46(29-40-31-82-36-86-40)93-60(110)41(77)13-9-25-83-74(80)81/h31,36-39,41-52,58,101-102H,5-30,32-35,75-77H2,1-4H3,(H2,78,103)(H2,79,104)(H,82,86)(H,84,111)(H,85,112)(H,87,105)(H,88,116)(H,89,106)(H,90,113)(H,91,117)(H,92,118)(H,93,110)(H,94,119)(H,95,114)(H,96,109)(H,97,115)(H,107,108)(H,123,124)(H4,80,81,83)/t38-,39-,41-,42-,43-,44-,45-,46-,47-,48-,49-,50-,51-,52-,58-/m0/s1. The van der Waals surface area contributed by atoms with E-state index in [0.717, 1.165) is 9.80 Å². The van der Waals surface area contributed by atoms with Gasteiger partial charge in [-0.15, -0.1) is 0 Å². The smallest absolute Gasteiger partial charge is 0.326 e. The first-order chi connectivity index (χ1) is 58.7. The fourth-order valence-electron chi connectivity index (χ4n) is 13.7. The molecule has 50 nitrogen and oxygen atoms in total. The molecule has 0 aliphatic carbocycles. The van der Waals surface area contributed by atoms with E-state index < -0.39 is 267 Å². The molecule has 0 aromatic carbocycles. The molecule has 3 aliphatic heterocycles. The first kappa shape index (κ1) is 104. The van der Waals surface area contributed by atoms with E-state index in [4.69, 9.17) is 45.2 Å². The van der Waals surface area contributed by atoms with Crippen molar-refractivity contribution in [2.75, 3.05) is 65.6 Å². The van der Waals surface area contributed by atoms with Gasteiger partial charge in [0.15, 0.2) is 5.96 Å². The number of rotatable bonds is 55. The molecule has 4 rings (SSSR count). The predicted octanol–water partition coefficient (Wildman–Crippen LogP) is -12.1. The number of aromatic nitrogens is 2. The number of aliphatic carboxylic acids is 2. The van der Waals surface area contributed by atoms with Crippen LogP contribution < -0.4 is 109 Å². The Balaban J connectivity index is 1.41. The number of guanidine groups is 1. The summed E-state index contributed by atoms with van der Waals surface area (Å²) in [5, 5.41) is 70.5. The summed E-state index contributed by atoms with van der Waals surface area (Å²) in [6.45, 7) is 2.21. The van der Waals surface area contributed by atoms with Gasteiger partial charge in [-0.3, -0.25) is 96.1 Å². The van der Waals surface area contributed by atoms with E-state index in [9.17, 15) is 111 Å². The van der Waals surface area contributed by atoms with Gasteiger partial charge in [-0.1, -0.05) is 13.8 Å². The SMILES string of the molecule is CC(C)[C@H](NC(=O)[C@H](CO)NC(=O)[C@H](CCCCN)NC(=O)[C@H](CCCCN)NC(=O)[C@@H]1CCCN1C(=O)[C@H](CCC(N)=O)NC(=O)[C@@H]1CCCN1C(=O)[C@H](C)NC(=O)[C@@H]1CCCN1C(=O)[C@H](CO)NC(=O)[C@H](C)NC(=O)CNC(=O)[C@H](Cc1cnc[nH]1)NC(=O)[C@@H](N)CCCN=C(N)N)C(=O)N[C@@H](CC(N)=O)C(=O)NCC(=O)N[C@@H](CCC(=O)O)C(=O)O. The van der Waals surface area contributed by atoms with E-state index in [1.54, 1.807) is 0 Å². The van der Waals surface area contributed by atoms with Crippen LogP contribution in [0.1, 0.15) is 155 Å². The number of H-pyrrole nitrogens is 1. The highest BCUT2D eigenvalue weighted by Crippen LogP contribution is 2.25. The molecular formula is C74H122N26O24. The molecule has 18 amide bonds. The van der Waals surface area contributed by atoms with Crippen LogP contribution in [0.3, 0.4) is 0 Å². The minimum Gasteiger partial charge on any atom is -0.481 e. The Hall–Kier alpha value is -12.3. The second kappa shape index (κ2) is 52.9. The summed E-state index contributed by atoms with van der Waals surface area (Å²) in [5.41, 5.74) is 39.6. The second-order valence-electron chi connectivity index (χ2n) is 30.5. The number of aliphatic hydroxyl groups is 2. The lowest BCUT2D eigenvalue weighted by Gasteiger charge is -2.32. The monoisotopic (exact) mass is 1760 g/mol. The third-order valence-electron chi connectivity index (χ3n) is 20.4. The number of carboxylic acids is 2. The molecule has 0 radical (unpaired) electrons. The predicted molar refractivity (Wildman–Crippen MR) is 435 cm³/mol. The lowest BCUT2D eigenvalue weighted by molar-refractivity contribution is -0.145. The minimum absolute atomic E-state index is 0.00775. The summed E-state index contributed by atoms with van der Waals surface area (Å²) >= 11 is 0. The van der Waals surface area contributed by atoms with Crippen molar-refractivity contribution in [2.45, 2.75) is 247 Å². The Labute approximate surface area is 713 Å². The molecule has 3 fully saturated rings. The van der Waals surface area contributed by atoms with Gasteiger partial charge in [-0.2, -0.15) is 0 Å². The summed E-state index contributed by atoms with van der Waals surface area (Å²) in [6, 6.07) is -21.8. The van der Waals surface area contributed by atoms with Gasteiger partial charge in [0, 0.05) is 57.3 Å². The van der Waals surface area contributed by atoms with E-state index in [2.05, 4.69) is 78.8 Å². The third-order valence-corrected chi connectivity index (χ3v) is 20.4. The largest absolute Gasteiger partial charge is 0.481 e. The minimum atomic E-state index is -1.84. The number of carbonyl (C=O) groups is 20. The van der Waals surface area contributed by atoms with E-state index in [0.29, 0.717) is 25.0 Å². The number of hydrogen-bond acceptors (Lipinski definition) is 27. The summed E-state index contributed by atoms with van der Waals surface area (Å²) in [4.78, 5) is 282. The number of nitrogens with two attached hydrogens (primary N) is 7. The molecule has 692 valence electrons. The number of primary amides is 2. The maximum absolute atomic E-state index is 14.8. The van der Waals surface area contributed by atoms with Crippen molar-refractivity contribution in [1.29, 1.82) is 0 Å². The molecule has 3 saturated heterocycles. The lowest BCUT2D eigenvalue weighted by atomic mass is 10.0. The van der Waals surface area contributed by atoms with Crippen LogP contribution in [0.5, 0.6) is 0 Å². The molecule has 32 N–H and O–H groups in total. The van der Waals surface area contributed by atoms with Gasteiger partial charge in [0.05, 0.1) is 45.1 Å². The Bertz CT molecular complexity index is 3930. The number of aromatic amines is 1. The van der Waals surface area contributed by atoms with E-state index in [1.807, 2.05) is 5.32 Å². The molecule has 0 bridgehead atoms. The van der Waals surface area contributed by atoms with Crippen molar-refractivity contribution in [3.05, 3.63) is 18.2 Å². The molecular weight excluding hydrogens is 1640 g/mol. The van der Waals surface area contributed by atoms with Crippen LogP contribution in [-0.4, -0.2) is 326 Å². The van der Waals surface area contributed by atoms with Gasteiger partial charge in [-0.05, 0) is 136 Å². The first-order valence-corrected chi connectivity index (χ1v) is 40.9. The zero-order chi connectivity index (χ0) is 92.6. The van der Waals surface area contributed by atoms with Gasteiger partial charge in [-0.25, -0.2) is 9.78 Å². The second-order valence-corrected chi connectivity index (χ2v) is 30.5. The van der Waals surface area contributed by atoms with Gasteiger partial charge in [0.25, 0.3) is 0 Å². The van der Waals surface area contributed by atoms with E-state index in [1.165, 1.54) is 45.1 Å². The number of aliphatic imine (C=N–C) groups is 1. The van der Waals surface area contributed by atoms with Crippen molar-refractivity contribution >= 4 is 124 Å². The molecule has 3 aliphatic rings. The average Bonchev–Trinajstić information content (AvgIpc) is 1.65. The average molecular weight is 1760 g/mol. The van der Waals surface area contributed by atoms with Gasteiger partial charge in [0.1, 0.15) is 84.6 Å². The van der Waals surface area contributed by atoms with E-state index in [-0.39, 0.29) is 129 Å². The van der Waals surface area contributed by atoms with Crippen LogP contribution >= 0.6 is 0 Å². The quantitative estimate of drug-likeness (QED) is 0.0164. The number of aliphatic hydroxyl groups excluding tert-OH is 2. The van der Waals surface area contributed by atoms with Crippen molar-refractivity contribution in [2.24, 2.45) is 51.0 Å². The summed E-state index contributed by atoms with van der Waals surface area (Å²) < 4.78 is 0. The van der Waals surface area contributed by atoms with Crippen molar-refractivity contribution < 1.29 is 116 Å². The fourth-order valence-corrected chi connectivity index (χ4v) is 13.7.